The number of amides is 2. The van der Waals surface area contributed by atoms with Gasteiger partial charge in [0.1, 0.15) is 26.4 Å². The largest absolute Gasteiger partial charge is 0.460 e. The average Bonchev–Trinajstić information content (AvgIpc) is 2.78. The first-order valence-electron chi connectivity index (χ1n) is 10.8. The maximum absolute atomic E-state index is 11.5. The van der Waals surface area contributed by atoms with E-state index in [4.69, 9.17) is 18.9 Å². The molecule has 0 rings (SSSR count). The Morgan fingerprint density at radius 2 is 1.09 bits per heavy atom. The van der Waals surface area contributed by atoms with Crippen molar-refractivity contribution >= 4 is 47.6 Å². The minimum Gasteiger partial charge on any atom is -0.460 e. The van der Waals surface area contributed by atoms with E-state index < -0.39 is 24.1 Å². The summed E-state index contributed by atoms with van der Waals surface area (Å²) in [5, 5.41) is 5.01. The fourth-order valence-electron chi connectivity index (χ4n) is 1.95. The van der Waals surface area contributed by atoms with Crippen molar-refractivity contribution in [2.45, 2.75) is 20.8 Å². The molecule has 0 heterocycles. The summed E-state index contributed by atoms with van der Waals surface area (Å²) >= 11 is 3.38. The van der Waals surface area contributed by atoms with Crippen molar-refractivity contribution in [2.75, 3.05) is 62.5 Å². The molecule has 0 aromatic carbocycles. The van der Waals surface area contributed by atoms with E-state index in [9.17, 15) is 19.2 Å². The van der Waals surface area contributed by atoms with Crippen molar-refractivity contribution in [3.05, 3.63) is 24.3 Å². The summed E-state index contributed by atoms with van der Waals surface area (Å²) in [4.78, 5) is 45.4. The molecule has 2 N–H and O–H groups in total. The van der Waals surface area contributed by atoms with Gasteiger partial charge in [-0.1, -0.05) is 20.1 Å². The fraction of sp³-hybridized carbons (Fsp3) is 0.636. The summed E-state index contributed by atoms with van der Waals surface area (Å²) in [6, 6.07) is 0. The summed E-state index contributed by atoms with van der Waals surface area (Å²) in [5.74, 6) is 2.65. The Morgan fingerprint density at radius 3 is 1.44 bits per heavy atom. The summed E-state index contributed by atoms with van der Waals surface area (Å²) in [5.41, 5.74) is 0.612. The van der Waals surface area contributed by atoms with Gasteiger partial charge in [0.05, 0.1) is 13.1 Å². The second-order valence-corrected chi connectivity index (χ2v) is 9.51. The van der Waals surface area contributed by atoms with Crippen LogP contribution in [0.15, 0.2) is 24.3 Å². The van der Waals surface area contributed by atoms with Crippen LogP contribution in [0.4, 0.5) is 9.59 Å². The highest BCUT2D eigenvalue weighted by atomic mass is 32.2. The molecule has 0 spiro atoms. The van der Waals surface area contributed by atoms with Crippen LogP contribution in [0.25, 0.3) is 0 Å². The molecule has 0 radical (unpaired) electrons. The lowest BCUT2D eigenvalue weighted by Gasteiger charge is -2.12. The van der Waals surface area contributed by atoms with Crippen LogP contribution in [0.5, 0.6) is 0 Å². The third-order valence-corrected chi connectivity index (χ3v) is 6.15. The molecule has 0 fully saturated rings. The molecular formula is C22H36N2O8S2. The van der Waals surface area contributed by atoms with E-state index in [1.165, 1.54) is 0 Å². The fourth-order valence-corrected chi connectivity index (χ4v) is 3.87. The Morgan fingerprint density at radius 1 is 0.706 bits per heavy atom. The van der Waals surface area contributed by atoms with Gasteiger partial charge in [-0.3, -0.25) is 0 Å². The zero-order valence-electron chi connectivity index (χ0n) is 20.1. The lowest BCUT2D eigenvalue weighted by Crippen LogP contribution is -2.29. The van der Waals surface area contributed by atoms with Gasteiger partial charge in [-0.2, -0.15) is 23.5 Å². The zero-order chi connectivity index (χ0) is 25.8. The highest BCUT2D eigenvalue weighted by Gasteiger charge is 2.07. The van der Waals surface area contributed by atoms with Gasteiger partial charge in [0.15, 0.2) is 0 Å². The van der Waals surface area contributed by atoms with Gasteiger partial charge >= 0.3 is 24.1 Å². The van der Waals surface area contributed by atoms with Crippen molar-refractivity contribution in [3.63, 3.8) is 0 Å². The predicted octanol–water partition coefficient (Wildman–Crippen LogP) is 2.78. The van der Waals surface area contributed by atoms with Crippen LogP contribution < -0.4 is 10.6 Å². The van der Waals surface area contributed by atoms with E-state index >= 15 is 0 Å². The van der Waals surface area contributed by atoms with Crippen LogP contribution in [-0.2, 0) is 28.5 Å². The van der Waals surface area contributed by atoms with E-state index in [0.717, 1.165) is 11.5 Å². The summed E-state index contributed by atoms with van der Waals surface area (Å²) < 4.78 is 19.8. The first-order chi connectivity index (χ1) is 16.1. The number of hydrogen-bond donors (Lipinski definition) is 2. The third-order valence-electron chi connectivity index (χ3n) is 3.63. The van der Waals surface area contributed by atoms with E-state index in [0.29, 0.717) is 28.6 Å². The molecular weight excluding hydrogens is 484 g/mol. The highest BCUT2D eigenvalue weighted by Crippen LogP contribution is 2.14. The molecule has 2 amide bonds. The van der Waals surface area contributed by atoms with Crippen LogP contribution in [-0.4, -0.2) is 86.7 Å². The van der Waals surface area contributed by atoms with Gasteiger partial charge < -0.3 is 29.6 Å². The predicted molar refractivity (Wildman–Crippen MR) is 134 cm³/mol. The number of carbonyl (C=O) groups excluding carboxylic acids is 4. The number of rotatable bonds is 18. The van der Waals surface area contributed by atoms with Gasteiger partial charge in [-0.25, -0.2) is 19.2 Å². The number of carbonyl (C=O) groups is 4. The summed E-state index contributed by atoms with van der Waals surface area (Å²) in [6.45, 7) is 13.2. The summed E-state index contributed by atoms with van der Waals surface area (Å²) in [7, 11) is 0. The Bertz CT molecular complexity index is 632. The number of nitrogens with one attached hydrogen (secondary N) is 2. The average molecular weight is 521 g/mol. The highest BCUT2D eigenvalue weighted by molar-refractivity contribution is 8.00. The van der Waals surface area contributed by atoms with E-state index in [-0.39, 0.29) is 39.5 Å². The molecule has 0 atom stereocenters. The quantitative estimate of drug-likeness (QED) is 0.120. The molecule has 34 heavy (non-hydrogen) atoms. The monoisotopic (exact) mass is 520 g/mol. The summed E-state index contributed by atoms with van der Waals surface area (Å²) in [6.07, 6.45) is -1.10. The second-order valence-electron chi connectivity index (χ2n) is 7.21. The smallest absolute Gasteiger partial charge is 0.407 e. The molecule has 0 aliphatic rings. The number of ether oxygens (including phenoxy) is 4. The van der Waals surface area contributed by atoms with Gasteiger partial charge in [0.25, 0.3) is 0 Å². The topological polar surface area (TPSA) is 129 Å². The van der Waals surface area contributed by atoms with E-state index in [1.54, 1.807) is 37.4 Å². The molecule has 12 heteroatoms. The Kier molecular flexibility index (Phi) is 18.7. The van der Waals surface area contributed by atoms with Gasteiger partial charge in [0.2, 0.25) is 0 Å². The molecule has 0 aliphatic heterocycles. The van der Waals surface area contributed by atoms with Crippen molar-refractivity contribution < 1.29 is 38.1 Å². The standard InChI is InChI=1S/C22H36N2O8S2/c1-16(2)19(25)29-8-6-23-21(27)31-10-12-33-14-18(5)15-34-13-11-32-22(28)24-7-9-30-20(26)17(3)4/h18H,1,3,6-15H2,2,4-5H3,(H,23,27)(H,24,28). The molecule has 0 aliphatic carbocycles. The Balaban J connectivity index is 3.53. The molecule has 0 unspecified atom stereocenters. The first-order valence-corrected chi connectivity index (χ1v) is 13.1. The molecule has 10 nitrogen and oxygen atoms in total. The van der Waals surface area contributed by atoms with Crippen LogP contribution in [0.2, 0.25) is 0 Å². The first kappa shape index (κ1) is 31.7. The Labute approximate surface area is 209 Å². The van der Waals surface area contributed by atoms with E-state index in [1.807, 2.05) is 0 Å². The SMILES string of the molecule is C=C(C)C(=O)OCCNC(=O)OCCSCC(C)CSCCOC(=O)NCCOC(=O)C(=C)C. The number of hydrogen-bond acceptors (Lipinski definition) is 10. The van der Waals surface area contributed by atoms with Gasteiger partial charge in [0, 0.05) is 22.7 Å². The van der Waals surface area contributed by atoms with Crippen LogP contribution >= 0.6 is 23.5 Å². The van der Waals surface area contributed by atoms with Crippen molar-refractivity contribution in [3.8, 4) is 0 Å². The molecule has 194 valence electrons. The van der Waals surface area contributed by atoms with Gasteiger partial charge in [-0.05, 0) is 31.3 Å². The van der Waals surface area contributed by atoms with Crippen molar-refractivity contribution in [1.29, 1.82) is 0 Å². The third kappa shape index (κ3) is 19.2. The van der Waals surface area contributed by atoms with Crippen molar-refractivity contribution in [2.24, 2.45) is 5.92 Å². The van der Waals surface area contributed by atoms with E-state index in [2.05, 4.69) is 30.7 Å². The maximum Gasteiger partial charge on any atom is 0.407 e. The number of esters is 2. The number of alkyl carbamates (subject to hydrolysis) is 2. The van der Waals surface area contributed by atoms with Crippen LogP contribution in [0, 0.1) is 5.92 Å². The second kappa shape index (κ2) is 20.1. The minimum atomic E-state index is -0.549. The number of thioether (sulfide) groups is 2. The molecule has 0 saturated carbocycles. The van der Waals surface area contributed by atoms with Gasteiger partial charge in [-0.15, -0.1) is 0 Å². The molecule has 0 aromatic heterocycles. The van der Waals surface area contributed by atoms with Crippen LogP contribution in [0.1, 0.15) is 20.8 Å². The molecule has 0 bridgehead atoms. The maximum atomic E-state index is 11.5. The lowest BCUT2D eigenvalue weighted by atomic mass is 10.3. The van der Waals surface area contributed by atoms with Crippen molar-refractivity contribution in [1.82, 2.24) is 10.6 Å². The lowest BCUT2D eigenvalue weighted by molar-refractivity contribution is -0.139. The molecule has 0 saturated heterocycles. The normalized spacial score (nSPS) is 10.2. The Hall–Kier alpha value is -2.34. The van der Waals surface area contributed by atoms with Crippen LogP contribution in [0.3, 0.4) is 0 Å². The zero-order valence-corrected chi connectivity index (χ0v) is 21.8. The minimum absolute atomic E-state index is 0.0629. The molecule has 0 aromatic rings.